The lowest BCUT2D eigenvalue weighted by molar-refractivity contribution is 0.124. The number of hydrogen-bond donors (Lipinski definition) is 2. The summed E-state index contributed by atoms with van der Waals surface area (Å²) in [5.41, 5.74) is 0. The summed E-state index contributed by atoms with van der Waals surface area (Å²) < 4.78 is 0. The van der Waals surface area contributed by atoms with Crippen molar-refractivity contribution in [1.29, 1.82) is 0 Å². The zero-order valence-electron chi connectivity index (χ0n) is 12.0. The monoisotopic (exact) mass is 329 g/mol. The van der Waals surface area contributed by atoms with Gasteiger partial charge in [0.1, 0.15) is 5.75 Å². The number of aromatic hydroxyl groups is 1. The molecule has 116 valence electrons. The number of likely N-dealkylation sites (tertiary alicyclic amines) is 1. The first-order valence-corrected chi connectivity index (χ1v) is 8.41. The number of rotatable bonds is 3. The number of nitrogens with zero attached hydrogens (tertiary/aromatic N) is 1. The second-order valence-corrected chi connectivity index (χ2v) is 7.02. The Hall–Kier alpha value is -1.07. The quantitative estimate of drug-likeness (QED) is 0.860. The third-order valence-electron chi connectivity index (χ3n) is 3.83. The molecule has 1 amide bonds. The van der Waals surface area contributed by atoms with Crippen LogP contribution < -0.4 is 0 Å². The molecule has 1 aromatic rings. The van der Waals surface area contributed by atoms with E-state index in [0.29, 0.717) is 16.8 Å². The Balaban J connectivity index is 2.08. The van der Waals surface area contributed by atoms with E-state index in [0.717, 1.165) is 30.6 Å². The van der Waals surface area contributed by atoms with Crippen molar-refractivity contribution in [2.45, 2.75) is 48.8 Å². The van der Waals surface area contributed by atoms with Gasteiger partial charge < -0.3 is 15.1 Å². The van der Waals surface area contributed by atoms with E-state index in [9.17, 15) is 15.0 Å². The molecule has 1 fully saturated rings. The summed E-state index contributed by atoms with van der Waals surface area (Å²) in [6.45, 7) is 2.63. The fourth-order valence-electron chi connectivity index (χ4n) is 2.73. The molecule has 1 aliphatic rings. The lowest BCUT2D eigenvalue weighted by atomic mass is 10.1. The van der Waals surface area contributed by atoms with Gasteiger partial charge in [0.2, 0.25) is 0 Å². The van der Waals surface area contributed by atoms with Crippen molar-refractivity contribution in [3.05, 3.63) is 23.2 Å². The molecule has 1 saturated heterocycles. The highest BCUT2D eigenvalue weighted by molar-refractivity contribution is 8.00. The predicted molar refractivity (Wildman–Crippen MR) is 85.4 cm³/mol. The Kier molecular flexibility index (Phi) is 5.65. The molecule has 0 aromatic heterocycles. The number of amides is 1. The zero-order valence-corrected chi connectivity index (χ0v) is 13.5. The summed E-state index contributed by atoms with van der Waals surface area (Å²) in [6, 6.07) is 5.06. The molecule has 1 aliphatic heterocycles. The molecule has 21 heavy (non-hydrogen) atoms. The van der Waals surface area contributed by atoms with E-state index in [1.54, 1.807) is 28.8 Å². The summed E-state index contributed by atoms with van der Waals surface area (Å²) in [5, 5.41) is 19.6. The van der Waals surface area contributed by atoms with Gasteiger partial charge in [0.15, 0.2) is 0 Å². The third kappa shape index (κ3) is 4.20. The van der Waals surface area contributed by atoms with Crippen LogP contribution in [0.25, 0.3) is 0 Å². The van der Waals surface area contributed by atoms with Gasteiger partial charge in [0.25, 0.3) is 0 Å². The molecule has 2 atom stereocenters. The minimum Gasteiger partial charge on any atom is -0.508 e. The minimum atomic E-state index is -0.824. The van der Waals surface area contributed by atoms with Gasteiger partial charge in [-0.1, -0.05) is 18.5 Å². The second kappa shape index (κ2) is 7.27. The van der Waals surface area contributed by atoms with Crippen molar-refractivity contribution in [2.24, 2.45) is 0 Å². The van der Waals surface area contributed by atoms with Crippen LogP contribution in [0.4, 0.5) is 4.79 Å². The van der Waals surface area contributed by atoms with Crippen molar-refractivity contribution in [2.75, 3.05) is 6.54 Å². The van der Waals surface area contributed by atoms with Gasteiger partial charge >= 0.3 is 6.09 Å². The van der Waals surface area contributed by atoms with Crippen LogP contribution in [0.3, 0.4) is 0 Å². The lowest BCUT2D eigenvalue weighted by Crippen LogP contribution is -2.39. The van der Waals surface area contributed by atoms with Crippen LogP contribution in [0, 0.1) is 0 Å². The molecule has 0 saturated carbocycles. The maximum atomic E-state index is 11.3. The van der Waals surface area contributed by atoms with Crippen LogP contribution in [0.5, 0.6) is 5.75 Å². The number of hydrogen-bond acceptors (Lipinski definition) is 3. The molecule has 0 bridgehead atoms. The average Bonchev–Trinajstić information content (AvgIpc) is 2.64. The highest BCUT2D eigenvalue weighted by Crippen LogP contribution is 2.37. The summed E-state index contributed by atoms with van der Waals surface area (Å²) >= 11 is 7.84. The summed E-state index contributed by atoms with van der Waals surface area (Å²) in [4.78, 5) is 13.8. The Labute approximate surface area is 134 Å². The molecule has 1 heterocycles. The topological polar surface area (TPSA) is 60.8 Å². The minimum absolute atomic E-state index is 0.0680. The van der Waals surface area contributed by atoms with E-state index in [1.807, 2.05) is 13.0 Å². The van der Waals surface area contributed by atoms with Gasteiger partial charge in [0.05, 0.1) is 5.02 Å². The van der Waals surface area contributed by atoms with Crippen molar-refractivity contribution in [1.82, 2.24) is 4.90 Å². The molecule has 0 radical (unpaired) electrons. The fourth-order valence-corrected chi connectivity index (χ4v) is 4.32. The number of phenolic OH excluding ortho intramolecular Hbond substituents is 1. The van der Waals surface area contributed by atoms with Gasteiger partial charge in [-0.15, -0.1) is 11.8 Å². The maximum absolute atomic E-state index is 11.3. The number of thioether (sulfide) groups is 1. The number of phenols is 1. The lowest BCUT2D eigenvalue weighted by Gasteiger charge is -2.27. The summed E-state index contributed by atoms with van der Waals surface area (Å²) in [5.74, 6) is 0.161. The molecular weight excluding hydrogens is 310 g/mol. The van der Waals surface area contributed by atoms with Crippen molar-refractivity contribution < 1.29 is 15.0 Å². The number of halogens is 1. The van der Waals surface area contributed by atoms with Gasteiger partial charge in [-0.2, -0.15) is 0 Å². The van der Waals surface area contributed by atoms with E-state index in [1.165, 1.54) is 0 Å². The predicted octanol–water partition coefficient (Wildman–Crippen LogP) is 4.45. The van der Waals surface area contributed by atoms with Crippen LogP contribution in [0.1, 0.15) is 32.6 Å². The molecule has 6 heteroatoms. The largest absolute Gasteiger partial charge is 0.508 e. The molecule has 0 aliphatic carbocycles. The number of benzene rings is 1. The molecule has 4 nitrogen and oxygen atoms in total. The Morgan fingerprint density at radius 2 is 2.29 bits per heavy atom. The first kappa shape index (κ1) is 16.3. The van der Waals surface area contributed by atoms with E-state index < -0.39 is 6.09 Å². The SMILES string of the molecule is CCC1CC(Sc2ccc(O)cc2Cl)CCCN1C(=O)O. The van der Waals surface area contributed by atoms with E-state index >= 15 is 0 Å². The zero-order chi connectivity index (χ0) is 15.4. The fraction of sp³-hybridized carbons (Fsp3) is 0.533. The standard InChI is InChI=1S/C15H20ClNO3S/c1-2-10-8-12(4-3-7-17(10)15(19)20)21-14-6-5-11(18)9-13(14)16/h5-6,9-10,12,18H,2-4,7-8H2,1H3,(H,19,20). The number of carbonyl (C=O) groups is 1. The van der Waals surface area contributed by atoms with Crippen LogP contribution in [0.2, 0.25) is 5.02 Å². The van der Waals surface area contributed by atoms with Crippen molar-refractivity contribution in [3.63, 3.8) is 0 Å². The van der Waals surface area contributed by atoms with Gasteiger partial charge in [0, 0.05) is 22.7 Å². The third-order valence-corrected chi connectivity index (χ3v) is 5.62. The van der Waals surface area contributed by atoms with Crippen LogP contribution in [-0.2, 0) is 0 Å². The summed E-state index contributed by atoms with van der Waals surface area (Å²) in [6.07, 6.45) is 2.69. The van der Waals surface area contributed by atoms with Gasteiger partial charge in [-0.25, -0.2) is 4.79 Å². The first-order valence-electron chi connectivity index (χ1n) is 7.16. The highest BCUT2D eigenvalue weighted by Gasteiger charge is 2.28. The van der Waals surface area contributed by atoms with Crippen molar-refractivity contribution in [3.8, 4) is 5.75 Å². The Morgan fingerprint density at radius 3 is 2.90 bits per heavy atom. The van der Waals surface area contributed by atoms with E-state index in [-0.39, 0.29) is 11.8 Å². The summed E-state index contributed by atoms with van der Waals surface area (Å²) in [7, 11) is 0. The molecule has 2 unspecified atom stereocenters. The highest BCUT2D eigenvalue weighted by atomic mass is 35.5. The average molecular weight is 330 g/mol. The van der Waals surface area contributed by atoms with Gasteiger partial charge in [-0.05, 0) is 43.9 Å². The Bertz CT molecular complexity index is 512. The van der Waals surface area contributed by atoms with Crippen LogP contribution in [0.15, 0.2) is 23.1 Å². The molecule has 2 rings (SSSR count). The van der Waals surface area contributed by atoms with E-state index in [2.05, 4.69) is 0 Å². The van der Waals surface area contributed by atoms with E-state index in [4.69, 9.17) is 11.6 Å². The maximum Gasteiger partial charge on any atom is 0.407 e. The first-order chi connectivity index (χ1) is 10.0. The Morgan fingerprint density at radius 1 is 1.52 bits per heavy atom. The number of carboxylic acid groups (broad SMARTS) is 1. The van der Waals surface area contributed by atoms with Crippen molar-refractivity contribution >= 4 is 29.5 Å². The molecular formula is C15H20ClNO3S. The van der Waals surface area contributed by atoms with Crippen LogP contribution >= 0.6 is 23.4 Å². The van der Waals surface area contributed by atoms with Crippen LogP contribution in [-0.4, -0.2) is 39.0 Å². The molecule has 0 spiro atoms. The second-order valence-electron chi connectivity index (χ2n) is 5.27. The normalized spacial score (nSPS) is 22.9. The molecule has 2 N–H and O–H groups in total. The molecule has 1 aromatic carbocycles. The smallest absolute Gasteiger partial charge is 0.407 e. The van der Waals surface area contributed by atoms with Gasteiger partial charge in [-0.3, -0.25) is 0 Å².